The van der Waals surface area contributed by atoms with Crippen molar-refractivity contribution in [1.29, 1.82) is 0 Å². The third-order valence-corrected chi connectivity index (χ3v) is 7.02. The molecule has 7 heteroatoms. The Labute approximate surface area is 176 Å². The van der Waals surface area contributed by atoms with Crippen LogP contribution in [-0.2, 0) is 27.7 Å². The van der Waals surface area contributed by atoms with Crippen LogP contribution in [0.5, 0.6) is 0 Å². The molecule has 0 aromatic heterocycles. The van der Waals surface area contributed by atoms with E-state index in [2.05, 4.69) is 21.2 Å². The van der Waals surface area contributed by atoms with Crippen molar-refractivity contribution in [1.82, 2.24) is 4.31 Å². The molecule has 0 saturated carbocycles. The molecular formula is C21H27BrN2O3S. The number of benzene rings is 2. The van der Waals surface area contributed by atoms with Crippen molar-refractivity contribution >= 4 is 37.5 Å². The molecule has 5 nitrogen and oxygen atoms in total. The number of aryl methyl sites for hydroxylation is 3. The lowest BCUT2D eigenvalue weighted by Gasteiger charge is -2.21. The monoisotopic (exact) mass is 466 g/mol. The van der Waals surface area contributed by atoms with E-state index in [1.54, 1.807) is 31.2 Å². The van der Waals surface area contributed by atoms with E-state index in [4.69, 9.17) is 0 Å². The van der Waals surface area contributed by atoms with Gasteiger partial charge in [0.2, 0.25) is 15.9 Å². The maximum absolute atomic E-state index is 12.9. The Morgan fingerprint density at radius 2 is 1.57 bits per heavy atom. The number of nitrogens with one attached hydrogen (secondary N) is 1. The topological polar surface area (TPSA) is 66.5 Å². The molecule has 0 fully saturated rings. The van der Waals surface area contributed by atoms with Crippen LogP contribution in [0.2, 0.25) is 0 Å². The van der Waals surface area contributed by atoms with Gasteiger partial charge in [-0.05, 0) is 55.2 Å². The van der Waals surface area contributed by atoms with E-state index in [0.29, 0.717) is 0 Å². The molecule has 0 heterocycles. The lowest BCUT2D eigenvalue weighted by atomic mass is 10.0. The molecule has 1 amide bonds. The molecule has 0 atom stereocenters. The highest BCUT2D eigenvalue weighted by Gasteiger charge is 2.25. The highest BCUT2D eigenvalue weighted by atomic mass is 79.9. The number of nitrogens with zero attached hydrogens (tertiary/aromatic N) is 1. The number of amides is 1. The van der Waals surface area contributed by atoms with Crippen LogP contribution >= 0.6 is 15.9 Å². The number of carbonyl (C=O) groups is 1. The first-order valence-electron chi connectivity index (χ1n) is 9.40. The number of anilines is 1. The molecule has 152 valence electrons. The molecular weight excluding hydrogens is 440 g/mol. The van der Waals surface area contributed by atoms with Gasteiger partial charge in [-0.2, -0.15) is 4.31 Å². The largest absolute Gasteiger partial charge is 0.324 e. The molecule has 0 saturated heterocycles. The van der Waals surface area contributed by atoms with Gasteiger partial charge in [-0.1, -0.05) is 54.4 Å². The standard InChI is InChI=1S/C21H27BrN2O3S/c1-5-16-12-18(22)13-17(6-2)21(16)23-20(25)14-24(7-3)28(26,27)19-10-8-15(4)9-11-19/h8-13H,5-7,14H2,1-4H3,(H,23,25). The summed E-state index contributed by atoms with van der Waals surface area (Å²) in [6.45, 7) is 7.67. The van der Waals surface area contributed by atoms with Crippen LogP contribution in [0.4, 0.5) is 5.69 Å². The summed E-state index contributed by atoms with van der Waals surface area (Å²) in [6, 6.07) is 10.6. The van der Waals surface area contributed by atoms with E-state index < -0.39 is 10.0 Å². The zero-order chi connectivity index (χ0) is 20.9. The van der Waals surface area contributed by atoms with Crippen LogP contribution in [0.25, 0.3) is 0 Å². The Kier molecular flexibility index (Phi) is 7.80. The van der Waals surface area contributed by atoms with Gasteiger partial charge in [0.05, 0.1) is 11.4 Å². The van der Waals surface area contributed by atoms with Crippen molar-refractivity contribution in [3.8, 4) is 0 Å². The minimum Gasteiger partial charge on any atom is -0.324 e. The zero-order valence-electron chi connectivity index (χ0n) is 16.8. The minimum absolute atomic E-state index is 0.194. The van der Waals surface area contributed by atoms with Gasteiger partial charge in [0.1, 0.15) is 0 Å². The zero-order valence-corrected chi connectivity index (χ0v) is 19.2. The van der Waals surface area contributed by atoms with Gasteiger partial charge in [-0.3, -0.25) is 4.79 Å². The fraction of sp³-hybridized carbons (Fsp3) is 0.381. The predicted octanol–water partition coefficient (Wildman–Crippen LogP) is 4.53. The smallest absolute Gasteiger partial charge is 0.243 e. The van der Waals surface area contributed by atoms with Gasteiger partial charge in [-0.25, -0.2) is 8.42 Å². The molecule has 0 bridgehead atoms. The first-order valence-corrected chi connectivity index (χ1v) is 11.6. The molecule has 0 aliphatic heterocycles. The normalized spacial score (nSPS) is 11.6. The number of hydrogen-bond donors (Lipinski definition) is 1. The average Bonchev–Trinajstić information content (AvgIpc) is 2.67. The fourth-order valence-corrected chi connectivity index (χ4v) is 4.97. The van der Waals surface area contributed by atoms with Crippen LogP contribution in [0, 0.1) is 6.92 Å². The van der Waals surface area contributed by atoms with Gasteiger partial charge in [0, 0.05) is 16.7 Å². The molecule has 0 radical (unpaired) electrons. The Morgan fingerprint density at radius 3 is 2.04 bits per heavy atom. The van der Waals surface area contributed by atoms with Gasteiger partial charge in [0.15, 0.2) is 0 Å². The summed E-state index contributed by atoms with van der Waals surface area (Å²) in [5, 5.41) is 2.94. The van der Waals surface area contributed by atoms with E-state index in [9.17, 15) is 13.2 Å². The summed E-state index contributed by atoms with van der Waals surface area (Å²) in [6.07, 6.45) is 1.53. The van der Waals surface area contributed by atoms with Gasteiger partial charge in [-0.15, -0.1) is 0 Å². The van der Waals surface area contributed by atoms with Crippen LogP contribution in [0.3, 0.4) is 0 Å². The third kappa shape index (κ3) is 5.21. The Balaban J connectivity index is 2.25. The number of rotatable bonds is 8. The van der Waals surface area contributed by atoms with E-state index >= 15 is 0 Å². The van der Waals surface area contributed by atoms with Crippen molar-refractivity contribution in [2.45, 2.75) is 45.4 Å². The number of hydrogen-bond acceptors (Lipinski definition) is 3. The molecule has 0 unspecified atom stereocenters. The van der Waals surface area contributed by atoms with Crippen molar-refractivity contribution < 1.29 is 13.2 Å². The second-order valence-corrected chi connectivity index (χ2v) is 9.45. The number of halogens is 1. The SMILES string of the molecule is CCc1cc(Br)cc(CC)c1NC(=O)CN(CC)S(=O)(=O)c1ccc(C)cc1. The lowest BCUT2D eigenvalue weighted by Crippen LogP contribution is -2.38. The van der Waals surface area contributed by atoms with Crippen LogP contribution in [-0.4, -0.2) is 31.7 Å². The third-order valence-electron chi connectivity index (χ3n) is 4.62. The van der Waals surface area contributed by atoms with Crippen LogP contribution in [0.1, 0.15) is 37.5 Å². The summed E-state index contributed by atoms with van der Waals surface area (Å²) in [5.41, 5.74) is 3.80. The van der Waals surface area contributed by atoms with Gasteiger partial charge >= 0.3 is 0 Å². The molecule has 2 aromatic carbocycles. The molecule has 2 rings (SSSR count). The lowest BCUT2D eigenvalue weighted by molar-refractivity contribution is -0.116. The second-order valence-electron chi connectivity index (χ2n) is 6.60. The highest BCUT2D eigenvalue weighted by Crippen LogP contribution is 2.27. The first kappa shape index (κ1) is 22.6. The number of carbonyl (C=O) groups excluding carboxylic acids is 1. The van der Waals surface area contributed by atoms with Crippen molar-refractivity contribution in [3.05, 3.63) is 57.6 Å². The summed E-state index contributed by atoms with van der Waals surface area (Å²) >= 11 is 3.50. The van der Waals surface area contributed by atoms with E-state index in [0.717, 1.165) is 39.7 Å². The maximum atomic E-state index is 12.9. The quantitative estimate of drug-likeness (QED) is 0.621. The highest BCUT2D eigenvalue weighted by molar-refractivity contribution is 9.10. The molecule has 2 aromatic rings. The number of sulfonamides is 1. The Morgan fingerprint density at radius 1 is 1.04 bits per heavy atom. The molecule has 28 heavy (non-hydrogen) atoms. The summed E-state index contributed by atoms with van der Waals surface area (Å²) in [4.78, 5) is 12.9. The summed E-state index contributed by atoms with van der Waals surface area (Å²) in [5.74, 6) is -0.343. The predicted molar refractivity (Wildman–Crippen MR) is 117 cm³/mol. The Hall–Kier alpha value is -1.70. The molecule has 0 aliphatic carbocycles. The van der Waals surface area contributed by atoms with Crippen molar-refractivity contribution in [2.24, 2.45) is 0 Å². The molecule has 0 spiro atoms. The van der Waals surface area contributed by atoms with Crippen molar-refractivity contribution in [2.75, 3.05) is 18.4 Å². The van der Waals surface area contributed by atoms with E-state index in [-0.39, 0.29) is 23.9 Å². The average molecular weight is 467 g/mol. The fourth-order valence-electron chi connectivity index (χ4n) is 3.01. The first-order chi connectivity index (χ1) is 13.2. The number of likely N-dealkylation sites (N-methyl/N-ethyl adjacent to an activating group) is 1. The molecule has 0 aliphatic rings. The summed E-state index contributed by atoms with van der Waals surface area (Å²) in [7, 11) is -3.73. The van der Waals surface area contributed by atoms with Gasteiger partial charge < -0.3 is 5.32 Å². The van der Waals surface area contributed by atoms with E-state index in [1.807, 2.05) is 32.9 Å². The minimum atomic E-state index is -3.73. The Bertz CT molecular complexity index is 916. The summed E-state index contributed by atoms with van der Waals surface area (Å²) < 4.78 is 28.0. The van der Waals surface area contributed by atoms with Gasteiger partial charge in [0.25, 0.3) is 0 Å². The van der Waals surface area contributed by atoms with E-state index in [1.165, 1.54) is 4.31 Å². The molecule has 1 N–H and O–H groups in total. The maximum Gasteiger partial charge on any atom is 0.243 e. The van der Waals surface area contributed by atoms with Crippen LogP contribution in [0.15, 0.2) is 45.8 Å². The van der Waals surface area contributed by atoms with Crippen LogP contribution < -0.4 is 5.32 Å². The van der Waals surface area contributed by atoms with Crippen molar-refractivity contribution in [3.63, 3.8) is 0 Å². The second kappa shape index (κ2) is 9.67.